The maximum atomic E-state index is 11.8. The van der Waals surface area contributed by atoms with Gasteiger partial charge in [0.05, 0.1) is 5.69 Å². The summed E-state index contributed by atoms with van der Waals surface area (Å²) < 4.78 is 0. The van der Waals surface area contributed by atoms with Crippen molar-refractivity contribution < 1.29 is 4.79 Å². The lowest BCUT2D eigenvalue weighted by molar-refractivity contribution is 0.102. The quantitative estimate of drug-likeness (QED) is 0.730. The molecule has 7 nitrogen and oxygen atoms in total. The first kappa shape index (κ1) is 12.2. The van der Waals surface area contributed by atoms with Crippen LogP contribution in [0.15, 0.2) is 15.7 Å². The summed E-state index contributed by atoms with van der Waals surface area (Å²) in [5.74, 6) is -0.577. The SMILES string of the molecule is Cc1nc(NC(=O)c2cc(=O)[nH]c(=O)[nH]2)sc1C. The molecule has 3 N–H and O–H groups in total. The van der Waals surface area contributed by atoms with Gasteiger partial charge < -0.3 is 4.98 Å². The van der Waals surface area contributed by atoms with Crippen LogP contribution in [0.3, 0.4) is 0 Å². The van der Waals surface area contributed by atoms with Gasteiger partial charge in [-0.3, -0.25) is 19.9 Å². The lowest BCUT2D eigenvalue weighted by Gasteiger charge is -2.00. The van der Waals surface area contributed by atoms with E-state index >= 15 is 0 Å². The van der Waals surface area contributed by atoms with Crippen molar-refractivity contribution in [1.82, 2.24) is 15.0 Å². The van der Waals surface area contributed by atoms with E-state index in [0.717, 1.165) is 16.6 Å². The number of aromatic amines is 2. The first-order valence-electron chi connectivity index (χ1n) is 5.05. The molecule has 2 heterocycles. The van der Waals surface area contributed by atoms with E-state index in [-0.39, 0.29) is 5.69 Å². The van der Waals surface area contributed by atoms with Gasteiger partial charge in [0, 0.05) is 10.9 Å². The number of nitrogens with one attached hydrogen (secondary N) is 3. The van der Waals surface area contributed by atoms with Crippen LogP contribution in [0.5, 0.6) is 0 Å². The molecular weight excluding hydrogens is 256 g/mol. The van der Waals surface area contributed by atoms with Gasteiger partial charge in [-0.2, -0.15) is 0 Å². The molecule has 0 bridgehead atoms. The summed E-state index contributed by atoms with van der Waals surface area (Å²) in [4.78, 5) is 43.2. The van der Waals surface area contributed by atoms with E-state index in [2.05, 4.69) is 15.3 Å². The Bertz CT molecular complexity index is 665. The maximum Gasteiger partial charge on any atom is 0.326 e. The van der Waals surface area contributed by atoms with Crippen molar-refractivity contribution in [2.75, 3.05) is 5.32 Å². The molecule has 2 aromatic rings. The second kappa shape index (κ2) is 4.57. The smallest absolute Gasteiger partial charge is 0.303 e. The Hall–Kier alpha value is -2.22. The van der Waals surface area contributed by atoms with Gasteiger partial charge in [-0.25, -0.2) is 9.78 Å². The fourth-order valence-corrected chi connectivity index (χ4v) is 2.09. The number of carbonyl (C=O) groups excluding carboxylic acids is 1. The van der Waals surface area contributed by atoms with Gasteiger partial charge in [0.15, 0.2) is 5.13 Å². The monoisotopic (exact) mass is 266 g/mol. The largest absolute Gasteiger partial charge is 0.326 e. The Morgan fingerprint density at radius 3 is 2.61 bits per heavy atom. The zero-order valence-electron chi connectivity index (χ0n) is 9.66. The number of aryl methyl sites for hydroxylation is 2. The number of amides is 1. The number of aromatic nitrogens is 3. The van der Waals surface area contributed by atoms with E-state index in [0.29, 0.717) is 5.13 Å². The van der Waals surface area contributed by atoms with Crippen molar-refractivity contribution in [2.45, 2.75) is 13.8 Å². The van der Waals surface area contributed by atoms with Gasteiger partial charge in [-0.15, -0.1) is 11.3 Å². The fourth-order valence-electron chi connectivity index (χ4n) is 1.28. The lowest BCUT2D eigenvalue weighted by Crippen LogP contribution is -2.27. The van der Waals surface area contributed by atoms with Gasteiger partial charge in [0.1, 0.15) is 5.69 Å². The summed E-state index contributed by atoms with van der Waals surface area (Å²) in [5, 5.41) is 2.95. The Morgan fingerprint density at radius 1 is 1.33 bits per heavy atom. The zero-order chi connectivity index (χ0) is 13.3. The highest BCUT2D eigenvalue weighted by Gasteiger charge is 2.11. The van der Waals surface area contributed by atoms with Crippen molar-refractivity contribution in [3.63, 3.8) is 0 Å². The second-order valence-corrected chi connectivity index (χ2v) is 4.82. The highest BCUT2D eigenvalue weighted by molar-refractivity contribution is 7.15. The standard InChI is InChI=1S/C10H10N4O3S/c1-4-5(2)18-10(11-4)14-8(16)6-3-7(15)13-9(17)12-6/h3H,1-2H3,(H,11,14,16)(H2,12,13,15,17). The highest BCUT2D eigenvalue weighted by atomic mass is 32.1. The van der Waals surface area contributed by atoms with Crippen molar-refractivity contribution in [3.05, 3.63) is 43.2 Å². The topological polar surface area (TPSA) is 108 Å². The van der Waals surface area contributed by atoms with Crippen molar-refractivity contribution >= 4 is 22.4 Å². The first-order valence-corrected chi connectivity index (χ1v) is 5.86. The molecule has 0 aromatic carbocycles. The number of hydrogen-bond acceptors (Lipinski definition) is 5. The van der Waals surface area contributed by atoms with Gasteiger partial charge in [-0.05, 0) is 13.8 Å². The van der Waals surface area contributed by atoms with Crippen molar-refractivity contribution in [1.29, 1.82) is 0 Å². The molecule has 94 valence electrons. The Balaban J connectivity index is 2.27. The van der Waals surface area contributed by atoms with Crippen LogP contribution in [0.1, 0.15) is 21.1 Å². The number of hydrogen-bond donors (Lipinski definition) is 3. The number of nitrogens with zero attached hydrogens (tertiary/aromatic N) is 1. The molecule has 1 amide bonds. The highest BCUT2D eigenvalue weighted by Crippen LogP contribution is 2.21. The average molecular weight is 266 g/mol. The molecule has 0 aliphatic rings. The average Bonchev–Trinajstić information content (AvgIpc) is 2.56. The summed E-state index contributed by atoms with van der Waals surface area (Å²) in [6.45, 7) is 3.72. The number of thiazole rings is 1. The molecule has 2 rings (SSSR count). The molecule has 8 heteroatoms. The molecule has 18 heavy (non-hydrogen) atoms. The normalized spacial score (nSPS) is 10.3. The van der Waals surface area contributed by atoms with E-state index in [1.54, 1.807) is 0 Å². The third-order valence-corrected chi connectivity index (χ3v) is 3.24. The van der Waals surface area contributed by atoms with E-state index in [9.17, 15) is 14.4 Å². The molecule has 0 unspecified atom stereocenters. The summed E-state index contributed by atoms with van der Waals surface area (Å²) >= 11 is 1.32. The minimum atomic E-state index is -0.723. The van der Waals surface area contributed by atoms with E-state index < -0.39 is 17.2 Å². The molecule has 0 saturated carbocycles. The Morgan fingerprint density at radius 2 is 2.06 bits per heavy atom. The molecule has 0 spiro atoms. The van der Waals surface area contributed by atoms with Crippen LogP contribution in [-0.4, -0.2) is 20.9 Å². The van der Waals surface area contributed by atoms with Crippen LogP contribution in [0.2, 0.25) is 0 Å². The number of rotatable bonds is 2. The van der Waals surface area contributed by atoms with E-state index in [4.69, 9.17) is 0 Å². The van der Waals surface area contributed by atoms with Gasteiger partial charge >= 0.3 is 5.69 Å². The first-order chi connectivity index (χ1) is 8.45. The summed E-state index contributed by atoms with van der Waals surface area (Å²) in [6.07, 6.45) is 0. The van der Waals surface area contributed by atoms with Crippen molar-refractivity contribution in [3.8, 4) is 0 Å². The van der Waals surface area contributed by atoms with Crippen LogP contribution in [0, 0.1) is 13.8 Å². The van der Waals surface area contributed by atoms with Gasteiger partial charge in [0.2, 0.25) is 0 Å². The third kappa shape index (κ3) is 2.54. The molecule has 0 aliphatic heterocycles. The molecular formula is C10H10N4O3S. The summed E-state index contributed by atoms with van der Waals surface area (Å²) in [5.41, 5.74) is -0.626. The molecule has 0 saturated heterocycles. The Labute approximate surface area is 105 Å². The minimum absolute atomic E-state index is 0.103. The van der Waals surface area contributed by atoms with Crippen molar-refractivity contribution in [2.24, 2.45) is 0 Å². The van der Waals surface area contributed by atoms with Crippen LogP contribution in [0.4, 0.5) is 5.13 Å². The van der Waals surface area contributed by atoms with Crippen LogP contribution in [-0.2, 0) is 0 Å². The molecule has 2 aromatic heterocycles. The lowest BCUT2D eigenvalue weighted by atomic mass is 10.4. The minimum Gasteiger partial charge on any atom is -0.303 e. The molecule has 0 aliphatic carbocycles. The number of anilines is 1. The van der Waals surface area contributed by atoms with Gasteiger partial charge in [-0.1, -0.05) is 0 Å². The molecule has 0 radical (unpaired) electrons. The van der Waals surface area contributed by atoms with E-state index in [1.807, 2.05) is 18.8 Å². The van der Waals surface area contributed by atoms with Gasteiger partial charge in [0.25, 0.3) is 11.5 Å². The summed E-state index contributed by atoms with van der Waals surface area (Å²) in [7, 11) is 0. The summed E-state index contributed by atoms with van der Waals surface area (Å²) in [6, 6.07) is 1.02. The van der Waals surface area contributed by atoms with E-state index in [1.165, 1.54) is 11.3 Å². The Kier molecular flexibility index (Phi) is 3.11. The third-order valence-electron chi connectivity index (χ3n) is 2.25. The number of carbonyl (C=O) groups is 1. The van der Waals surface area contributed by atoms with Crippen LogP contribution in [0.25, 0.3) is 0 Å². The van der Waals surface area contributed by atoms with Crippen LogP contribution < -0.4 is 16.6 Å². The number of H-pyrrole nitrogens is 2. The second-order valence-electron chi connectivity index (χ2n) is 3.62. The predicted molar refractivity (Wildman–Crippen MR) is 67.2 cm³/mol. The predicted octanol–water partition coefficient (Wildman–Crippen LogP) is 0.389. The van der Waals surface area contributed by atoms with Crippen LogP contribution >= 0.6 is 11.3 Å². The maximum absolute atomic E-state index is 11.8. The fraction of sp³-hybridized carbons (Fsp3) is 0.200. The molecule has 0 atom stereocenters. The zero-order valence-corrected chi connectivity index (χ0v) is 10.5. The molecule has 0 fully saturated rings.